The molecule has 4 rings (SSSR count). The number of anilines is 1. The lowest BCUT2D eigenvalue weighted by Crippen LogP contribution is -2.27. The Balaban J connectivity index is 1.42. The van der Waals surface area contributed by atoms with Gasteiger partial charge in [0.05, 0.1) is 11.0 Å². The maximum Gasteiger partial charge on any atom is 0.325 e. The molecule has 0 aliphatic heterocycles. The predicted molar refractivity (Wildman–Crippen MR) is 116 cm³/mol. The molecule has 30 heavy (non-hydrogen) atoms. The van der Waals surface area contributed by atoms with Crippen LogP contribution in [-0.4, -0.2) is 25.8 Å². The highest BCUT2D eigenvalue weighted by molar-refractivity contribution is 5.91. The average molecular weight is 403 g/mol. The van der Waals surface area contributed by atoms with Crippen LogP contribution in [-0.2, 0) is 11.2 Å². The number of rotatable bonds is 5. The molecule has 2 aromatic carbocycles. The van der Waals surface area contributed by atoms with E-state index in [0.29, 0.717) is 16.9 Å². The van der Waals surface area contributed by atoms with Gasteiger partial charge in [-0.05, 0) is 62.2 Å². The SMILES string of the molecule is Cc1ccc2nc(-c3ccc(NC(=O)CCc4c(C)[nH]c(=O)[nH]c4=O)cc3)[nH]c2c1. The zero-order chi connectivity index (χ0) is 21.3. The number of carbonyl (C=O) groups is 1. The maximum atomic E-state index is 12.3. The van der Waals surface area contributed by atoms with Crippen LogP contribution in [0.5, 0.6) is 0 Å². The minimum absolute atomic E-state index is 0.126. The molecule has 0 unspecified atom stereocenters. The molecule has 0 fully saturated rings. The second-order valence-electron chi connectivity index (χ2n) is 7.24. The van der Waals surface area contributed by atoms with E-state index in [0.717, 1.165) is 28.0 Å². The Hall–Kier alpha value is -3.94. The first-order valence-corrected chi connectivity index (χ1v) is 9.58. The van der Waals surface area contributed by atoms with Crippen molar-refractivity contribution in [1.82, 2.24) is 19.9 Å². The Morgan fingerprint density at radius 1 is 1.00 bits per heavy atom. The first kappa shape index (κ1) is 19.4. The first-order chi connectivity index (χ1) is 14.4. The number of aryl methyl sites for hydroxylation is 2. The molecule has 0 atom stereocenters. The Bertz CT molecular complexity index is 1350. The summed E-state index contributed by atoms with van der Waals surface area (Å²) in [7, 11) is 0. The van der Waals surface area contributed by atoms with Gasteiger partial charge in [-0.1, -0.05) is 6.07 Å². The second-order valence-corrected chi connectivity index (χ2v) is 7.24. The molecule has 2 aromatic heterocycles. The summed E-state index contributed by atoms with van der Waals surface area (Å²) in [5, 5.41) is 2.82. The number of H-pyrrole nitrogens is 3. The van der Waals surface area contributed by atoms with Gasteiger partial charge in [-0.2, -0.15) is 0 Å². The van der Waals surface area contributed by atoms with E-state index in [4.69, 9.17) is 0 Å². The summed E-state index contributed by atoms with van der Waals surface area (Å²) < 4.78 is 0. The van der Waals surface area contributed by atoms with Gasteiger partial charge in [0.2, 0.25) is 5.91 Å². The molecule has 0 saturated carbocycles. The summed E-state index contributed by atoms with van der Waals surface area (Å²) in [6.07, 6.45) is 0.362. The molecule has 0 saturated heterocycles. The molecule has 1 amide bonds. The molecule has 4 aromatic rings. The summed E-state index contributed by atoms with van der Waals surface area (Å²) in [5.74, 6) is 0.549. The number of hydrogen-bond acceptors (Lipinski definition) is 4. The normalized spacial score (nSPS) is 11.0. The van der Waals surface area contributed by atoms with Gasteiger partial charge in [-0.25, -0.2) is 9.78 Å². The minimum Gasteiger partial charge on any atom is -0.338 e. The fraction of sp³-hybridized carbons (Fsp3) is 0.182. The number of fused-ring (bicyclic) bond motifs is 1. The largest absolute Gasteiger partial charge is 0.338 e. The van der Waals surface area contributed by atoms with Crippen molar-refractivity contribution < 1.29 is 4.79 Å². The van der Waals surface area contributed by atoms with E-state index in [-0.39, 0.29) is 18.7 Å². The zero-order valence-electron chi connectivity index (χ0n) is 16.6. The van der Waals surface area contributed by atoms with E-state index in [2.05, 4.69) is 31.3 Å². The van der Waals surface area contributed by atoms with Crippen LogP contribution in [0.15, 0.2) is 52.1 Å². The standard InChI is InChI=1S/C22H21N5O3/c1-12-3-9-17-18(11-12)26-20(25-17)14-4-6-15(7-5-14)24-19(28)10-8-16-13(2)23-22(30)27-21(16)29/h3-7,9,11H,8,10H2,1-2H3,(H,24,28)(H,25,26)(H2,23,27,29,30). The van der Waals surface area contributed by atoms with Crippen LogP contribution < -0.4 is 16.6 Å². The molecule has 2 heterocycles. The third-order valence-electron chi connectivity index (χ3n) is 4.94. The number of imidazole rings is 1. The molecule has 0 bridgehead atoms. The summed E-state index contributed by atoms with van der Waals surface area (Å²) in [6, 6.07) is 13.4. The second kappa shape index (κ2) is 7.82. The van der Waals surface area contributed by atoms with Crippen molar-refractivity contribution in [2.75, 3.05) is 5.32 Å². The lowest BCUT2D eigenvalue weighted by molar-refractivity contribution is -0.116. The molecular weight excluding hydrogens is 382 g/mol. The van der Waals surface area contributed by atoms with Gasteiger partial charge >= 0.3 is 5.69 Å². The average Bonchev–Trinajstić information content (AvgIpc) is 3.11. The maximum absolute atomic E-state index is 12.3. The Labute approximate surface area is 171 Å². The van der Waals surface area contributed by atoms with Crippen molar-refractivity contribution in [2.24, 2.45) is 0 Å². The number of aromatic nitrogens is 4. The van der Waals surface area contributed by atoms with Crippen LogP contribution in [0.1, 0.15) is 23.2 Å². The van der Waals surface area contributed by atoms with E-state index < -0.39 is 11.2 Å². The lowest BCUT2D eigenvalue weighted by atomic mass is 10.1. The summed E-state index contributed by atoms with van der Waals surface area (Å²) in [6.45, 7) is 3.67. The Kier molecular flexibility index (Phi) is 5.05. The van der Waals surface area contributed by atoms with Gasteiger partial charge in [0.1, 0.15) is 5.82 Å². The lowest BCUT2D eigenvalue weighted by Gasteiger charge is -2.07. The Morgan fingerprint density at radius 3 is 2.50 bits per heavy atom. The van der Waals surface area contributed by atoms with Gasteiger partial charge in [-0.3, -0.25) is 14.6 Å². The third-order valence-corrected chi connectivity index (χ3v) is 4.94. The Morgan fingerprint density at radius 2 is 1.77 bits per heavy atom. The molecule has 0 radical (unpaired) electrons. The quantitative estimate of drug-likeness (QED) is 0.409. The summed E-state index contributed by atoms with van der Waals surface area (Å²) in [5.41, 5.74) is 4.48. The smallest absolute Gasteiger partial charge is 0.325 e. The van der Waals surface area contributed by atoms with Gasteiger partial charge in [-0.15, -0.1) is 0 Å². The fourth-order valence-electron chi connectivity index (χ4n) is 3.36. The molecule has 152 valence electrons. The van der Waals surface area contributed by atoms with Crippen LogP contribution in [0.3, 0.4) is 0 Å². The molecule has 4 N–H and O–H groups in total. The van der Waals surface area contributed by atoms with Crippen LogP contribution in [0.4, 0.5) is 5.69 Å². The monoisotopic (exact) mass is 403 g/mol. The number of amides is 1. The van der Waals surface area contributed by atoms with Crippen molar-refractivity contribution >= 4 is 22.6 Å². The van der Waals surface area contributed by atoms with Crippen LogP contribution in [0, 0.1) is 13.8 Å². The highest BCUT2D eigenvalue weighted by Crippen LogP contribution is 2.22. The van der Waals surface area contributed by atoms with Gasteiger partial charge < -0.3 is 15.3 Å². The van der Waals surface area contributed by atoms with E-state index in [1.807, 2.05) is 43.3 Å². The molecule has 0 spiro atoms. The van der Waals surface area contributed by atoms with E-state index >= 15 is 0 Å². The topological polar surface area (TPSA) is 123 Å². The third kappa shape index (κ3) is 4.07. The highest BCUT2D eigenvalue weighted by atomic mass is 16.2. The first-order valence-electron chi connectivity index (χ1n) is 9.58. The number of aromatic amines is 3. The van der Waals surface area contributed by atoms with Crippen molar-refractivity contribution in [3.63, 3.8) is 0 Å². The summed E-state index contributed by atoms with van der Waals surface area (Å²) >= 11 is 0. The minimum atomic E-state index is -0.551. The number of carbonyl (C=O) groups excluding carboxylic acids is 1. The number of nitrogens with zero attached hydrogens (tertiary/aromatic N) is 1. The number of benzene rings is 2. The highest BCUT2D eigenvalue weighted by Gasteiger charge is 2.10. The van der Waals surface area contributed by atoms with Crippen molar-refractivity contribution in [3.8, 4) is 11.4 Å². The van der Waals surface area contributed by atoms with E-state index in [1.54, 1.807) is 6.92 Å². The van der Waals surface area contributed by atoms with Crippen molar-refractivity contribution in [3.05, 3.63) is 80.1 Å². The van der Waals surface area contributed by atoms with Crippen LogP contribution in [0.25, 0.3) is 22.4 Å². The van der Waals surface area contributed by atoms with Crippen molar-refractivity contribution in [1.29, 1.82) is 0 Å². The molecule has 8 heteroatoms. The fourth-order valence-corrected chi connectivity index (χ4v) is 3.36. The van der Waals surface area contributed by atoms with Crippen LogP contribution >= 0.6 is 0 Å². The van der Waals surface area contributed by atoms with E-state index in [9.17, 15) is 14.4 Å². The molecule has 0 aliphatic rings. The predicted octanol–water partition coefficient (Wildman–Crippen LogP) is 2.79. The molecule has 0 aliphatic carbocycles. The summed E-state index contributed by atoms with van der Waals surface area (Å²) in [4.78, 5) is 48.0. The van der Waals surface area contributed by atoms with Gasteiger partial charge in [0.25, 0.3) is 5.56 Å². The van der Waals surface area contributed by atoms with E-state index in [1.165, 1.54) is 0 Å². The molecule has 8 nitrogen and oxygen atoms in total. The number of hydrogen-bond donors (Lipinski definition) is 4. The van der Waals surface area contributed by atoms with Crippen molar-refractivity contribution in [2.45, 2.75) is 26.7 Å². The zero-order valence-corrected chi connectivity index (χ0v) is 16.6. The number of nitrogens with one attached hydrogen (secondary N) is 4. The van der Waals surface area contributed by atoms with Crippen LogP contribution in [0.2, 0.25) is 0 Å². The van der Waals surface area contributed by atoms with Gasteiger partial charge in [0.15, 0.2) is 0 Å². The molecular formula is C22H21N5O3. The van der Waals surface area contributed by atoms with Gasteiger partial charge in [0, 0.05) is 28.9 Å².